The molecule has 0 N–H and O–H groups in total. The quantitative estimate of drug-likeness (QED) is 0.824. The molecule has 2 aromatic rings. The van der Waals surface area contributed by atoms with Gasteiger partial charge in [0, 0.05) is 25.2 Å². The van der Waals surface area contributed by atoms with Gasteiger partial charge in [-0.1, -0.05) is 0 Å². The molecule has 1 aromatic heterocycles. The van der Waals surface area contributed by atoms with Crippen LogP contribution in [-0.2, 0) is 11.3 Å². The van der Waals surface area contributed by atoms with E-state index in [0.29, 0.717) is 36.8 Å². The zero-order valence-corrected chi connectivity index (χ0v) is 15.2. The molecule has 0 bridgehead atoms. The Morgan fingerprint density at radius 3 is 2.89 bits per heavy atom. The van der Waals surface area contributed by atoms with Crippen LogP contribution < -0.4 is 9.47 Å². The molecule has 27 heavy (non-hydrogen) atoms. The molecule has 3 aliphatic rings. The number of nitrogens with zero attached hydrogens (tertiary/aromatic N) is 2. The molecule has 0 saturated carbocycles. The van der Waals surface area contributed by atoms with Gasteiger partial charge >= 0.3 is 0 Å². The molecule has 2 saturated heterocycles. The molecular weight excluding hydrogens is 348 g/mol. The number of amides is 1. The topological polar surface area (TPSA) is 64.4 Å². The summed E-state index contributed by atoms with van der Waals surface area (Å²) in [5.74, 6) is 3.18. The highest BCUT2D eigenvalue weighted by molar-refractivity contribution is 5.95. The molecule has 0 unspecified atom stereocenters. The molecule has 142 valence electrons. The van der Waals surface area contributed by atoms with E-state index in [1.54, 1.807) is 18.2 Å². The average molecular weight is 370 g/mol. The first-order valence-electron chi connectivity index (χ1n) is 9.27. The Hall–Kier alpha value is -2.51. The molecule has 0 aliphatic carbocycles. The van der Waals surface area contributed by atoms with Gasteiger partial charge in [-0.3, -0.25) is 9.69 Å². The lowest BCUT2D eigenvalue weighted by molar-refractivity contribution is -0.0522. The molecule has 0 spiro atoms. The van der Waals surface area contributed by atoms with Crippen LogP contribution >= 0.6 is 0 Å². The van der Waals surface area contributed by atoms with Crippen molar-refractivity contribution in [3.63, 3.8) is 0 Å². The van der Waals surface area contributed by atoms with Crippen LogP contribution in [0, 0.1) is 6.92 Å². The molecule has 4 heterocycles. The van der Waals surface area contributed by atoms with Gasteiger partial charge in [-0.05, 0) is 37.3 Å². The fourth-order valence-corrected chi connectivity index (χ4v) is 4.10. The van der Waals surface area contributed by atoms with E-state index in [2.05, 4.69) is 4.90 Å². The van der Waals surface area contributed by atoms with Crippen LogP contribution in [0.3, 0.4) is 0 Å². The molecule has 1 amide bonds. The molecule has 3 aliphatic heterocycles. The predicted molar refractivity (Wildman–Crippen MR) is 95.9 cm³/mol. The van der Waals surface area contributed by atoms with Crippen molar-refractivity contribution >= 4 is 5.91 Å². The Morgan fingerprint density at radius 1 is 1.15 bits per heavy atom. The molecule has 0 radical (unpaired) electrons. The van der Waals surface area contributed by atoms with E-state index in [0.717, 1.165) is 24.6 Å². The van der Waals surface area contributed by atoms with Gasteiger partial charge in [0.2, 0.25) is 6.79 Å². The van der Waals surface area contributed by atoms with E-state index in [1.807, 2.05) is 24.0 Å². The lowest BCUT2D eigenvalue weighted by Gasteiger charge is -2.36. The summed E-state index contributed by atoms with van der Waals surface area (Å²) in [7, 11) is 0. The molecule has 5 rings (SSSR count). The molecule has 2 fully saturated rings. The number of hydrogen-bond acceptors (Lipinski definition) is 6. The summed E-state index contributed by atoms with van der Waals surface area (Å²) in [5.41, 5.74) is 0.617. The first-order chi connectivity index (χ1) is 13.2. The van der Waals surface area contributed by atoms with E-state index >= 15 is 0 Å². The van der Waals surface area contributed by atoms with Crippen molar-refractivity contribution in [3.05, 3.63) is 47.4 Å². The summed E-state index contributed by atoms with van der Waals surface area (Å²) in [6.45, 7) is 5.66. The van der Waals surface area contributed by atoms with Crippen molar-refractivity contribution in [1.82, 2.24) is 9.80 Å². The second-order valence-electron chi connectivity index (χ2n) is 7.24. The Bertz CT molecular complexity index is 864. The van der Waals surface area contributed by atoms with Gasteiger partial charge < -0.3 is 23.5 Å². The Morgan fingerprint density at radius 2 is 2.04 bits per heavy atom. The molecule has 1 aromatic carbocycles. The Kier molecular flexibility index (Phi) is 4.06. The number of morpholine rings is 1. The van der Waals surface area contributed by atoms with Crippen LogP contribution in [0.4, 0.5) is 0 Å². The number of benzene rings is 1. The largest absolute Gasteiger partial charge is 0.465 e. The number of rotatable bonds is 3. The third kappa shape index (κ3) is 3.07. The van der Waals surface area contributed by atoms with E-state index in [4.69, 9.17) is 18.6 Å². The summed E-state index contributed by atoms with van der Waals surface area (Å²) in [6, 6.07) is 9.53. The van der Waals surface area contributed by atoms with Crippen LogP contribution in [0.1, 0.15) is 21.9 Å². The second-order valence-corrected chi connectivity index (χ2v) is 7.24. The van der Waals surface area contributed by atoms with Gasteiger partial charge in [-0.15, -0.1) is 0 Å². The Labute approximate surface area is 157 Å². The fourth-order valence-electron chi connectivity index (χ4n) is 4.10. The standard InChI is InChI=1S/C20H22N2O5/c1-13-2-4-15(27-13)9-21-6-7-24-19-11-22(10-16(19)21)20(23)14-3-5-17-18(8-14)26-12-25-17/h2-5,8,16,19H,6-7,9-12H2,1H3/t16-,19+/m1/s1. The summed E-state index contributed by atoms with van der Waals surface area (Å²) < 4.78 is 22.4. The summed E-state index contributed by atoms with van der Waals surface area (Å²) in [4.78, 5) is 17.2. The van der Waals surface area contributed by atoms with Crippen molar-refractivity contribution in [1.29, 1.82) is 0 Å². The van der Waals surface area contributed by atoms with Gasteiger partial charge in [-0.2, -0.15) is 0 Å². The van der Waals surface area contributed by atoms with Crippen LogP contribution in [0.2, 0.25) is 0 Å². The van der Waals surface area contributed by atoms with Gasteiger partial charge in [0.1, 0.15) is 11.5 Å². The van der Waals surface area contributed by atoms with Crippen LogP contribution in [-0.4, -0.2) is 60.9 Å². The van der Waals surface area contributed by atoms with Crippen LogP contribution in [0.5, 0.6) is 11.5 Å². The summed E-state index contributed by atoms with van der Waals surface area (Å²) in [5, 5.41) is 0. The second kappa shape index (κ2) is 6.58. The smallest absolute Gasteiger partial charge is 0.254 e. The number of fused-ring (bicyclic) bond motifs is 2. The minimum Gasteiger partial charge on any atom is -0.465 e. The number of carbonyl (C=O) groups excluding carboxylic acids is 1. The number of hydrogen-bond donors (Lipinski definition) is 0. The van der Waals surface area contributed by atoms with Crippen LogP contribution in [0.25, 0.3) is 0 Å². The third-order valence-electron chi connectivity index (χ3n) is 5.48. The Balaban J connectivity index is 1.31. The lowest BCUT2D eigenvalue weighted by Crippen LogP contribution is -2.50. The zero-order chi connectivity index (χ0) is 18.4. The first-order valence-corrected chi connectivity index (χ1v) is 9.27. The molecule has 7 nitrogen and oxygen atoms in total. The maximum atomic E-state index is 13.0. The predicted octanol–water partition coefficient (Wildman–Crippen LogP) is 2.04. The van der Waals surface area contributed by atoms with Crippen molar-refractivity contribution in [2.45, 2.75) is 25.6 Å². The van der Waals surface area contributed by atoms with Gasteiger partial charge in [0.15, 0.2) is 11.5 Å². The first kappa shape index (κ1) is 16.6. The fraction of sp³-hybridized carbons (Fsp3) is 0.450. The number of furan rings is 1. The maximum Gasteiger partial charge on any atom is 0.254 e. The lowest BCUT2D eigenvalue weighted by atomic mass is 10.1. The number of carbonyl (C=O) groups is 1. The minimum atomic E-state index is 0.0000862. The zero-order valence-electron chi connectivity index (χ0n) is 15.2. The van der Waals surface area contributed by atoms with E-state index < -0.39 is 0 Å². The van der Waals surface area contributed by atoms with Crippen molar-refractivity contribution in [3.8, 4) is 11.5 Å². The monoisotopic (exact) mass is 370 g/mol. The number of aryl methyl sites for hydroxylation is 1. The summed E-state index contributed by atoms with van der Waals surface area (Å²) >= 11 is 0. The van der Waals surface area contributed by atoms with E-state index in [1.165, 1.54) is 0 Å². The highest BCUT2D eigenvalue weighted by atomic mass is 16.7. The third-order valence-corrected chi connectivity index (χ3v) is 5.48. The summed E-state index contributed by atoms with van der Waals surface area (Å²) in [6.07, 6.45) is 0.0350. The van der Waals surface area contributed by atoms with Crippen molar-refractivity contribution in [2.24, 2.45) is 0 Å². The van der Waals surface area contributed by atoms with Crippen molar-refractivity contribution in [2.75, 3.05) is 33.0 Å². The van der Waals surface area contributed by atoms with Crippen LogP contribution in [0.15, 0.2) is 34.7 Å². The minimum absolute atomic E-state index is 0.0000862. The highest BCUT2D eigenvalue weighted by Gasteiger charge is 2.42. The molecular formula is C20H22N2O5. The van der Waals surface area contributed by atoms with E-state index in [9.17, 15) is 4.79 Å². The van der Waals surface area contributed by atoms with Gasteiger partial charge in [0.05, 0.1) is 25.3 Å². The molecule has 7 heteroatoms. The number of ether oxygens (including phenoxy) is 3. The van der Waals surface area contributed by atoms with Gasteiger partial charge in [0.25, 0.3) is 5.91 Å². The maximum absolute atomic E-state index is 13.0. The molecule has 2 atom stereocenters. The highest BCUT2D eigenvalue weighted by Crippen LogP contribution is 2.33. The normalized spacial score (nSPS) is 24.3. The van der Waals surface area contributed by atoms with E-state index in [-0.39, 0.29) is 24.8 Å². The van der Waals surface area contributed by atoms with Gasteiger partial charge in [-0.25, -0.2) is 0 Å². The van der Waals surface area contributed by atoms with Crippen molar-refractivity contribution < 1.29 is 23.4 Å². The SMILES string of the molecule is Cc1ccc(CN2CCO[C@H]3CN(C(=O)c4ccc5c(c4)OCO5)C[C@H]32)o1. The average Bonchev–Trinajstić information content (AvgIpc) is 3.39. The number of likely N-dealkylation sites (tertiary alicyclic amines) is 1.